The minimum atomic E-state index is -0.193. The number of rotatable bonds is 2. The number of phenolic OH excluding ortho intramolecular Hbond substituents is 1. The van der Waals surface area contributed by atoms with Crippen LogP contribution in [0.3, 0.4) is 0 Å². The van der Waals surface area contributed by atoms with Crippen LogP contribution in [0.2, 0.25) is 5.02 Å². The van der Waals surface area contributed by atoms with Crippen molar-refractivity contribution in [3.05, 3.63) is 76.8 Å². The van der Waals surface area contributed by atoms with Crippen molar-refractivity contribution in [2.45, 2.75) is 6.92 Å². The molecule has 1 aliphatic rings. The Morgan fingerprint density at radius 2 is 1.81 bits per heavy atom. The van der Waals surface area contributed by atoms with Crippen molar-refractivity contribution >= 4 is 45.8 Å². The largest absolute Gasteiger partial charge is 0.506 e. The van der Waals surface area contributed by atoms with Crippen molar-refractivity contribution in [3.63, 3.8) is 0 Å². The molecule has 0 saturated carbocycles. The van der Waals surface area contributed by atoms with Gasteiger partial charge in [0, 0.05) is 0 Å². The van der Waals surface area contributed by atoms with Gasteiger partial charge in [0.05, 0.1) is 22.0 Å². The van der Waals surface area contributed by atoms with E-state index in [0.717, 1.165) is 22.0 Å². The molecule has 3 aromatic rings. The average Bonchev–Trinajstić information content (AvgIpc) is 2.92. The number of aromatic hydroxyl groups is 1. The van der Waals surface area contributed by atoms with E-state index in [1.807, 2.05) is 42.5 Å². The van der Waals surface area contributed by atoms with Crippen molar-refractivity contribution in [2.75, 3.05) is 5.01 Å². The Hall–Kier alpha value is -3.11. The molecule has 0 saturated heterocycles. The van der Waals surface area contributed by atoms with Gasteiger partial charge in [-0.25, -0.2) is 0 Å². The summed E-state index contributed by atoms with van der Waals surface area (Å²) in [6, 6.07) is 18.6. The number of benzene rings is 3. The molecule has 0 fully saturated rings. The zero-order chi connectivity index (χ0) is 18.3. The normalized spacial score (nSPS) is 15.8. The second-order valence-corrected chi connectivity index (χ2v) is 6.51. The van der Waals surface area contributed by atoms with Gasteiger partial charge >= 0.3 is 0 Å². The number of halogens is 1. The summed E-state index contributed by atoms with van der Waals surface area (Å²) in [5.41, 5.74) is 2.58. The van der Waals surface area contributed by atoms with Gasteiger partial charge in [-0.3, -0.25) is 4.79 Å². The number of anilines is 1. The van der Waals surface area contributed by atoms with Gasteiger partial charge in [-0.15, -0.1) is 0 Å². The maximum atomic E-state index is 12.9. The molecule has 5 heteroatoms. The van der Waals surface area contributed by atoms with Gasteiger partial charge in [-0.2, -0.15) is 10.1 Å². The smallest absolute Gasteiger partial charge is 0.280 e. The fourth-order valence-corrected chi connectivity index (χ4v) is 3.14. The Labute approximate surface area is 155 Å². The van der Waals surface area contributed by atoms with E-state index in [4.69, 9.17) is 11.6 Å². The van der Waals surface area contributed by atoms with Crippen LogP contribution in [0.25, 0.3) is 16.8 Å². The van der Waals surface area contributed by atoms with Gasteiger partial charge in [-0.05, 0) is 53.6 Å². The topological polar surface area (TPSA) is 52.9 Å². The van der Waals surface area contributed by atoms with E-state index in [-0.39, 0.29) is 16.7 Å². The molecule has 0 bridgehead atoms. The Kier molecular flexibility index (Phi) is 3.98. The Bertz CT molecular complexity index is 1100. The highest BCUT2D eigenvalue weighted by Gasteiger charge is 2.28. The summed E-state index contributed by atoms with van der Waals surface area (Å²) in [4.78, 5) is 12.9. The van der Waals surface area contributed by atoms with Crippen molar-refractivity contribution in [1.82, 2.24) is 0 Å². The highest BCUT2D eigenvalue weighted by atomic mass is 35.5. The highest BCUT2D eigenvalue weighted by molar-refractivity contribution is 6.33. The molecule has 3 aromatic carbocycles. The minimum Gasteiger partial charge on any atom is -0.506 e. The number of hydrogen-bond donors (Lipinski definition) is 1. The van der Waals surface area contributed by atoms with E-state index in [0.29, 0.717) is 11.3 Å². The first-order valence-electron chi connectivity index (χ1n) is 8.12. The van der Waals surface area contributed by atoms with E-state index in [1.165, 1.54) is 11.1 Å². The van der Waals surface area contributed by atoms with Crippen molar-refractivity contribution in [2.24, 2.45) is 5.10 Å². The van der Waals surface area contributed by atoms with Gasteiger partial charge in [0.15, 0.2) is 0 Å². The molecule has 0 atom stereocenters. The second kappa shape index (κ2) is 6.32. The quantitative estimate of drug-likeness (QED) is 0.652. The first kappa shape index (κ1) is 16.4. The molecular formula is C21H15ClN2O2. The van der Waals surface area contributed by atoms with Crippen LogP contribution in [0.15, 0.2) is 71.3 Å². The monoisotopic (exact) mass is 362 g/mol. The maximum Gasteiger partial charge on any atom is 0.280 e. The van der Waals surface area contributed by atoms with Crippen molar-refractivity contribution in [3.8, 4) is 5.75 Å². The lowest BCUT2D eigenvalue weighted by atomic mass is 10.1. The molecule has 1 amide bonds. The zero-order valence-corrected chi connectivity index (χ0v) is 14.7. The molecule has 1 aliphatic heterocycles. The molecule has 0 unspecified atom stereocenters. The summed E-state index contributed by atoms with van der Waals surface area (Å²) in [5, 5.41) is 17.8. The van der Waals surface area contributed by atoms with Crippen LogP contribution in [0.5, 0.6) is 5.75 Å². The molecule has 128 valence electrons. The number of fused-ring (bicyclic) bond motifs is 1. The van der Waals surface area contributed by atoms with Gasteiger partial charge in [-0.1, -0.05) is 48.0 Å². The number of nitrogens with zero attached hydrogens (tertiary/aromatic N) is 2. The van der Waals surface area contributed by atoms with Crippen LogP contribution in [0, 0.1) is 0 Å². The van der Waals surface area contributed by atoms with Crippen LogP contribution >= 0.6 is 11.6 Å². The van der Waals surface area contributed by atoms with Crippen LogP contribution < -0.4 is 5.01 Å². The fraction of sp³-hybridized carbons (Fsp3) is 0.0476. The molecule has 1 N–H and O–H groups in total. The molecule has 4 rings (SSSR count). The number of carbonyl (C=O) groups excluding carboxylic acids is 1. The number of hydrazone groups is 1. The molecule has 1 heterocycles. The van der Waals surface area contributed by atoms with Crippen LogP contribution in [0.4, 0.5) is 5.69 Å². The second-order valence-electron chi connectivity index (χ2n) is 6.10. The molecule has 0 aliphatic carbocycles. The minimum absolute atomic E-state index is 0.00902. The van der Waals surface area contributed by atoms with E-state index in [1.54, 1.807) is 25.1 Å². The third-order valence-electron chi connectivity index (χ3n) is 4.32. The van der Waals surface area contributed by atoms with E-state index in [9.17, 15) is 9.90 Å². The molecular weight excluding hydrogens is 348 g/mol. The lowest BCUT2D eigenvalue weighted by Crippen LogP contribution is -2.21. The van der Waals surface area contributed by atoms with E-state index in [2.05, 4.69) is 5.10 Å². The SMILES string of the molecule is CC1=NN(c2ccc3ccccc3c2)C(=O)/C1=C/c1ccc(O)c(Cl)c1. The average molecular weight is 363 g/mol. The van der Waals surface area contributed by atoms with Gasteiger partial charge < -0.3 is 5.11 Å². The lowest BCUT2D eigenvalue weighted by molar-refractivity contribution is -0.114. The Morgan fingerprint density at radius 1 is 1.04 bits per heavy atom. The predicted molar refractivity (Wildman–Crippen MR) is 106 cm³/mol. The summed E-state index contributed by atoms with van der Waals surface area (Å²) in [6.07, 6.45) is 1.73. The van der Waals surface area contributed by atoms with Crippen LogP contribution in [0.1, 0.15) is 12.5 Å². The summed E-state index contributed by atoms with van der Waals surface area (Å²) in [5.74, 6) is -0.184. The first-order chi connectivity index (χ1) is 12.5. The maximum absolute atomic E-state index is 12.9. The predicted octanol–water partition coefficient (Wildman–Crippen LogP) is 5.00. The number of carbonyl (C=O) groups is 1. The highest BCUT2D eigenvalue weighted by Crippen LogP contribution is 2.29. The Balaban J connectivity index is 1.71. The van der Waals surface area contributed by atoms with Crippen LogP contribution in [-0.4, -0.2) is 16.7 Å². The summed E-state index contributed by atoms with van der Waals surface area (Å²) < 4.78 is 0. The Morgan fingerprint density at radius 3 is 2.58 bits per heavy atom. The number of amides is 1. The summed E-state index contributed by atoms with van der Waals surface area (Å²) >= 11 is 5.95. The first-order valence-corrected chi connectivity index (χ1v) is 8.50. The third-order valence-corrected chi connectivity index (χ3v) is 4.63. The molecule has 26 heavy (non-hydrogen) atoms. The van der Waals surface area contributed by atoms with Crippen molar-refractivity contribution < 1.29 is 9.90 Å². The molecule has 0 spiro atoms. The van der Waals surface area contributed by atoms with E-state index >= 15 is 0 Å². The number of phenols is 1. The zero-order valence-electron chi connectivity index (χ0n) is 14.0. The fourth-order valence-electron chi connectivity index (χ4n) is 2.95. The van der Waals surface area contributed by atoms with Gasteiger partial charge in [0.2, 0.25) is 0 Å². The molecule has 4 nitrogen and oxygen atoms in total. The van der Waals surface area contributed by atoms with Gasteiger partial charge in [0.25, 0.3) is 5.91 Å². The van der Waals surface area contributed by atoms with Crippen molar-refractivity contribution in [1.29, 1.82) is 0 Å². The van der Waals surface area contributed by atoms with Crippen LogP contribution in [-0.2, 0) is 4.79 Å². The summed E-state index contributed by atoms with van der Waals surface area (Å²) in [7, 11) is 0. The standard InChI is InChI=1S/C21H15ClN2O2/c1-13-18(10-14-6-9-20(25)19(22)11-14)21(26)24(23-13)17-8-7-15-4-2-3-5-16(15)12-17/h2-12,25H,1H3/b18-10+. The molecule has 0 radical (unpaired) electrons. The molecule has 0 aromatic heterocycles. The third kappa shape index (κ3) is 2.85. The van der Waals surface area contributed by atoms with Gasteiger partial charge in [0.1, 0.15) is 5.75 Å². The van der Waals surface area contributed by atoms with E-state index < -0.39 is 0 Å². The lowest BCUT2D eigenvalue weighted by Gasteiger charge is -2.12. The summed E-state index contributed by atoms with van der Waals surface area (Å²) in [6.45, 7) is 1.80. The number of hydrogen-bond acceptors (Lipinski definition) is 3.